The molecule has 1 aromatic carbocycles. The number of hydrogen-bond donors (Lipinski definition) is 1. The fourth-order valence-electron chi connectivity index (χ4n) is 2.20. The summed E-state index contributed by atoms with van der Waals surface area (Å²) in [6.45, 7) is 3.11. The van der Waals surface area contributed by atoms with Crippen molar-refractivity contribution in [1.29, 1.82) is 0 Å². The van der Waals surface area contributed by atoms with Crippen LogP contribution in [0.15, 0.2) is 24.3 Å². The maximum absolute atomic E-state index is 10.8. The Hall–Kier alpha value is -1.46. The zero-order chi connectivity index (χ0) is 12.8. The van der Waals surface area contributed by atoms with E-state index in [1.807, 2.05) is 6.07 Å². The zero-order valence-corrected chi connectivity index (χ0v) is 10.3. The van der Waals surface area contributed by atoms with Crippen molar-refractivity contribution in [3.8, 4) is 0 Å². The number of ether oxygens (including phenoxy) is 1. The maximum Gasteiger partial charge on any atom is 0.273 e. The minimum Gasteiger partial charge on any atom is -0.381 e. The molecule has 1 N–H and O–H groups in total. The third-order valence-electron chi connectivity index (χ3n) is 3.28. The van der Waals surface area contributed by atoms with Crippen molar-refractivity contribution in [2.24, 2.45) is 5.92 Å². The van der Waals surface area contributed by atoms with Crippen molar-refractivity contribution < 1.29 is 9.66 Å². The largest absolute Gasteiger partial charge is 0.381 e. The summed E-state index contributed by atoms with van der Waals surface area (Å²) >= 11 is 0. The summed E-state index contributed by atoms with van der Waals surface area (Å²) in [5, 5.41) is 14.2. The van der Waals surface area contributed by atoms with Crippen LogP contribution in [0.4, 0.5) is 5.69 Å². The Morgan fingerprint density at radius 1 is 1.33 bits per heavy atom. The standard InChI is InChI=1S/C13H18N2O3/c16-15(17)13-4-2-1-3-12(13)10-14-9-11-5-7-18-8-6-11/h1-4,11,14H,5-10H2. The SMILES string of the molecule is O=[N+]([O-])c1ccccc1CNCC1CCOCC1. The molecule has 5 nitrogen and oxygen atoms in total. The molecule has 1 aliphatic rings. The maximum atomic E-state index is 10.8. The summed E-state index contributed by atoms with van der Waals surface area (Å²) in [5.41, 5.74) is 0.937. The Morgan fingerprint density at radius 3 is 2.78 bits per heavy atom. The third kappa shape index (κ3) is 3.51. The van der Waals surface area contributed by atoms with E-state index >= 15 is 0 Å². The summed E-state index contributed by atoms with van der Waals surface area (Å²) in [5.74, 6) is 0.626. The van der Waals surface area contributed by atoms with E-state index in [4.69, 9.17) is 4.74 Å². The van der Waals surface area contributed by atoms with Gasteiger partial charge >= 0.3 is 0 Å². The molecule has 0 bridgehead atoms. The van der Waals surface area contributed by atoms with Crippen molar-refractivity contribution >= 4 is 5.69 Å². The van der Waals surface area contributed by atoms with Crippen LogP contribution in [-0.2, 0) is 11.3 Å². The lowest BCUT2D eigenvalue weighted by atomic mass is 10.0. The Kier molecular flexibility index (Phi) is 4.66. The van der Waals surface area contributed by atoms with Crippen LogP contribution in [-0.4, -0.2) is 24.7 Å². The highest BCUT2D eigenvalue weighted by Gasteiger charge is 2.15. The first kappa shape index (κ1) is 13.0. The molecule has 0 atom stereocenters. The number of hydrogen-bond acceptors (Lipinski definition) is 4. The second-order valence-electron chi connectivity index (χ2n) is 4.57. The normalized spacial score (nSPS) is 16.7. The molecule has 0 unspecified atom stereocenters. The highest BCUT2D eigenvalue weighted by molar-refractivity contribution is 5.39. The van der Waals surface area contributed by atoms with Gasteiger partial charge in [-0.2, -0.15) is 0 Å². The molecule has 1 heterocycles. The number of nitro groups is 1. The Morgan fingerprint density at radius 2 is 2.06 bits per heavy atom. The quantitative estimate of drug-likeness (QED) is 0.642. The number of rotatable bonds is 5. The average molecular weight is 250 g/mol. The van der Waals surface area contributed by atoms with Gasteiger partial charge in [0, 0.05) is 31.4 Å². The topological polar surface area (TPSA) is 64.4 Å². The van der Waals surface area contributed by atoms with E-state index in [1.54, 1.807) is 18.2 Å². The van der Waals surface area contributed by atoms with Crippen molar-refractivity contribution in [2.75, 3.05) is 19.8 Å². The smallest absolute Gasteiger partial charge is 0.273 e. The highest BCUT2D eigenvalue weighted by atomic mass is 16.6. The minimum atomic E-state index is -0.328. The first-order chi connectivity index (χ1) is 8.77. The van der Waals surface area contributed by atoms with Crippen molar-refractivity contribution in [3.63, 3.8) is 0 Å². The predicted molar refractivity (Wildman–Crippen MR) is 68.3 cm³/mol. The number of nitro benzene ring substituents is 1. The van der Waals surface area contributed by atoms with Gasteiger partial charge in [0.05, 0.1) is 4.92 Å². The molecule has 0 aromatic heterocycles. The number of benzene rings is 1. The first-order valence-electron chi connectivity index (χ1n) is 6.28. The van der Waals surface area contributed by atoms with E-state index in [0.29, 0.717) is 12.5 Å². The van der Waals surface area contributed by atoms with Gasteiger partial charge in [-0.05, 0) is 25.3 Å². The minimum absolute atomic E-state index is 0.192. The summed E-state index contributed by atoms with van der Waals surface area (Å²) < 4.78 is 5.30. The van der Waals surface area contributed by atoms with Crippen molar-refractivity contribution in [2.45, 2.75) is 19.4 Å². The van der Waals surface area contributed by atoms with Gasteiger partial charge in [0.1, 0.15) is 0 Å². The Balaban J connectivity index is 1.84. The second kappa shape index (κ2) is 6.47. The van der Waals surface area contributed by atoms with Gasteiger partial charge in [-0.1, -0.05) is 18.2 Å². The summed E-state index contributed by atoms with van der Waals surface area (Å²) in [6.07, 6.45) is 2.15. The van der Waals surface area contributed by atoms with Crippen LogP contribution in [0.2, 0.25) is 0 Å². The lowest BCUT2D eigenvalue weighted by Gasteiger charge is -2.22. The average Bonchev–Trinajstić information content (AvgIpc) is 2.40. The number of para-hydroxylation sites is 1. The van der Waals surface area contributed by atoms with Gasteiger partial charge < -0.3 is 10.1 Å². The lowest BCUT2D eigenvalue weighted by Crippen LogP contribution is -2.27. The molecule has 1 aliphatic heterocycles. The van der Waals surface area contributed by atoms with E-state index in [0.717, 1.165) is 38.2 Å². The molecule has 2 rings (SSSR count). The van der Waals surface area contributed by atoms with Crippen LogP contribution < -0.4 is 5.32 Å². The molecule has 5 heteroatoms. The molecular weight excluding hydrogens is 232 g/mol. The molecule has 1 aromatic rings. The first-order valence-corrected chi connectivity index (χ1v) is 6.28. The fraction of sp³-hybridized carbons (Fsp3) is 0.538. The molecule has 1 saturated heterocycles. The molecule has 0 spiro atoms. The molecule has 0 amide bonds. The molecule has 98 valence electrons. The van der Waals surface area contributed by atoms with Gasteiger partial charge in [-0.25, -0.2) is 0 Å². The van der Waals surface area contributed by atoms with E-state index in [9.17, 15) is 10.1 Å². The van der Waals surface area contributed by atoms with E-state index < -0.39 is 0 Å². The number of nitrogens with zero attached hydrogens (tertiary/aromatic N) is 1. The molecule has 0 radical (unpaired) electrons. The van der Waals surface area contributed by atoms with Gasteiger partial charge in [0.2, 0.25) is 0 Å². The molecular formula is C13H18N2O3. The molecule has 1 fully saturated rings. The lowest BCUT2D eigenvalue weighted by molar-refractivity contribution is -0.385. The Bertz CT molecular complexity index is 403. The molecule has 0 saturated carbocycles. The summed E-state index contributed by atoms with van der Waals surface area (Å²) in [6, 6.07) is 6.87. The van der Waals surface area contributed by atoms with Crippen LogP contribution in [0.1, 0.15) is 18.4 Å². The molecule has 0 aliphatic carbocycles. The number of nitrogens with one attached hydrogen (secondary N) is 1. The van der Waals surface area contributed by atoms with Gasteiger partial charge in [-0.3, -0.25) is 10.1 Å². The summed E-state index contributed by atoms with van der Waals surface area (Å²) in [7, 11) is 0. The molecule has 18 heavy (non-hydrogen) atoms. The second-order valence-corrected chi connectivity index (χ2v) is 4.57. The van der Waals surface area contributed by atoms with E-state index in [1.165, 1.54) is 0 Å². The van der Waals surface area contributed by atoms with Crippen molar-refractivity contribution in [3.05, 3.63) is 39.9 Å². The van der Waals surface area contributed by atoms with E-state index in [-0.39, 0.29) is 10.6 Å². The predicted octanol–water partition coefficient (Wildman–Crippen LogP) is 2.11. The van der Waals surface area contributed by atoms with Crippen LogP contribution in [0.3, 0.4) is 0 Å². The van der Waals surface area contributed by atoms with Crippen LogP contribution in [0.25, 0.3) is 0 Å². The summed E-state index contributed by atoms with van der Waals surface area (Å²) in [4.78, 5) is 10.5. The zero-order valence-electron chi connectivity index (χ0n) is 10.3. The van der Waals surface area contributed by atoms with Crippen LogP contribution in [0, 0.1) is 16.0 Å². The van der Waals surface area contributed by atoms with Gasteiger partial charge in [0.15, 0.2) is 0 Å². The van der Waals surface area contributed by atoms with Crippen LogP contribution >= 0.6 is 0 Å². The highest BCUT2D eigenvalue weighted by Crippen LogP contribution is 2.18. The van der Waals surface area contributed by atoms with Crippen molar-refractivity contribution in [1.82, 2.24) is 5.32 Å². The third-order valence-corrected chi connectivity index (χ3v) is 3.28. The van der Waals surface area contributed by atoms with Crippen LogP contribution in [0.5, 0.6) is 0 Å². The monoisotopic (exact) mass is 250 g/mol. The fourth-order valence-corrected chi connectivity index (χ4v) is 2.20. The van der Waals surface area contributed by atoms with Gasteiger partial charge in [-0.15, -0.1) is 0 Å². The van der Waals surface area contributed by atoms with E-state index in [2.05, 4.69) is 5.32 Å². The Labute approximate surface area is 106 Å². The van der Waals surface area contributed by atoms with Gasteiger partial charge in [0.25, 0.3) is 5.69 Å².